The van der Waals surface area contributed by atoms with Crippen molar-refractivity contribution in [1.29, 1.82) is 5.26 Å². The fraction of sp³-hybridized carbons (Fsp3) is 0.167. The van der Waals surface area contributed by atoms with Gasteiger partial charge >= 0.3 is 6.08 Å². The van der Waals surface area contributed by atoms with Crippen LogP contribution in [0.25, 0.3) is 0 Å². The topological polar surface area (TPSA) is 49.6 Å². The van der Waals surface area contributed by atoms with Gasteiger partial charge in [-0.05, 0) is 6.07 Å². The van der Waals surface area contributed by atoms with E-state index in [1.54, 1.807) is 0 Å². The SMILES string of the molecule is N#CCc1ccnc(F)n1. The van der Waals surface area contributed by atoms with Crippen molar-refractivity contribution >= 4 is 0 Å². The van der Waals surface area contributed by atoms with Crippen molar-refractivity contribution in [3.05, 3.63) is 24.0 Å². The Morgan fingerprint density at radius 2 is 2.50 bits per heavy atom. The summed E-state index contributed by atoms with van der Waals surface area (Å²) in [6.07, 6.45) is 0.627. The Hall–Kier alpha value is -1.50. The van der Waals surface area contributed by atoms with Crippen LogP contribution < -0.4 is 0 Å². The zero-order chi connectivity index (χ0) is 7.40. The molecule has 10 heavy (non-hydrogen) atoms. The van der Waals surface area contributed by atoms with Crippen LogP contribution in [-0.2, 0) is 6.42 Å². The molecule has 0 aliphatic rings. The number of aromatic nitrogens is 2. The smallest absolute Gasteiger partial charge is 0.211 e. The molecule has 50 valence electrons. The highest BCUT2D eigenvalue weighted by atomic mass is 19.1. The molecule has 0 bridgehead atoms. The van der Waals surface area contributed by atoms with Crippen LogP contribution in [0.1, 0.15) is 5.69 Å². The summed E-state index contributed by atoms with van der Waals surface area (Å²) >= 11 is 0. The van der Waals surface area contributed by atoms with Crippen LogP contribution in [0, 0.1) is 17.4 Å². The molecule has 0 aliphatic heterocycles. The molecule has 0 aliphatic carbocycles. The van der Waals surface area contributed by atoms with Crippen LogP contribution in [0.5, 0.6) is 0 Å². The standard InChI is InChI=1S/C6H4FN3/c7-6-9-4-2-5(10-6)1-3-8/h2,4H,1H2. The van der Waals surface area contributed by atoms with Gasteiger partial charge in [0, 0.05) is 6.20 Å². The Balaban J connectivity index is 2.87. The third-order valence-corrected chi connectivity index (χ3v) is 0.944. The van der Waals surface area contributed by atoms with E-state index in [1.807, 2.05) is 6.07 Å². The first-order chi connectivity index (χ1) is 4.83. The molecule has 0 spiro atoms. The lowest BCUT2D eigenvalue weighted by atomic mass is 10.3. The molecular weight excluding hydrogens is 133 g/mol. The summed E-state index contributed by atoms with van der Waals surface area (Å²) in [5.74, 6) is 0. The van der Waals surface area contributed by atoms with Gasteiger partial charge in [-0.25, -0.2) is 9.97 Å². The molecule has 0 atom stereocenters. The Morgan fingerprint density at radius 1 is 1.70 bits per heavy atom. The highest BCUT2D eigenvalue weighted by Crippen LogP contribution is 1.93. The summed E-state index contributed by atoms with van der Waals surface area (Å²) < 4.78 is 12.2. The average Bonchev–Trinajstić information content (AvgIpc) is 1.88. The summed E-state index contributed by atoms with van der Waals surface area (Å²) in [5.41, 5.74) is 0.412. The van der Waals surface area contributed by atoms with E-state index < -0.39 is 6.08 Å². The lowest BCUT2D eigenvalue weighted by Crippen LogP contribution is -1.93. The second-order valence-electron chi connectivity index (χ2n) is 1.65. The number of nitriles is 1. The second kappa shape index (κ2) is 2.87. The molecule has 0 amide bonds. The average molecular weight is 137 g/mol. The fourth-order valence-corrected chi connectivity index (χ4v) is 0.549. The highest BCUT2D eigenvalue weighted by Gasteiger charge is 1.94. The van der Waals surface area contributed by atoms with Crippen molar-refractivity contribution in [3.8, 4) is 6.07 Å². The van der Waals surface area contributed by atoms with Crippen LogP contribution in [0.4, 0.5) is 4.39 Å². The zero-order valence-electron chi connectivity index (χ0n) is 5.08. The van der Waals surface area contributed by atoms with Gasteiger partial charge in [0.05, 0.1) is 18.2 Å². The van der Waals surface area contributed by atoms with Gasteiger partial charge in [-0.1, -0.05) is 0 Å². The minimum absolute atomic E-state index is 0.124. The molecule has 1 rings (SSSR count). The van der Waals surface area contributed by atoms with E-state index in [0.717, 1.165) is 0 Å². The molecule has 0 radical (unpaired) electrons. The highest BCUT2D eigenvalue weighted by molar-refractivity contribution is 5.03. The van der Waals surface area contributed by atoms with Crippen molar-refractivity contribution in [1.82, 2.24) is 9.97 Å². The van der Waals surface area contributed by atoms with Gasteiger partial charge in [-0.15, -0.1) is 0 Å². The molecular formula is C6H4FN3. The van der Waals surface area contributed by atoms with Crippen molar-refractivity contribution in [2.45, 2.75) is 6.42 Å². The van der Waals surface area contributed by atoms with Crippen molar-refractivity contribution in [2.24, 2.45) is 0 Å². The molecule has 0 aromatic carbocycles. The Morgan fingerprint density at radius 3 is 3.10 bits per heavy atom. The molecule has 0 fully saturated rings. The van der Waals surface area contributed by atoms with Crippen LogP contribution >= 0.6 is 0 Å². The van der Waals surface area contributed by atoms with E-state index in [2.05, 4.69) is 9.97 Å². The van der Waals surface area contributed by atoms with Gasteiger partial charge in [0.1, 0.15) is 0 Å². The first-order valence-corrected chi connectivity index (χ1v) is 2.67. The lowest BCUT2D eigenvalue weighted by molar-refractivity contribution is 0.533. The number of nitrogens with zero attached hydrogens (tertiary/aromatic N) is 3. The predicted molar refractivity (Wildman–Crippen MR) is 31.3 cm³/mol. The molecule has 0 saturated heterocycles. The Bertz CT molecular complexity index is 266. The number of rotatable bonds is 1. The maximum Gasteiger partial charge on any atom is 0.308 e. The third kappa shape index (κ3) is 1.49. The summed E-state index contributed by atoms with van der Waals surface area (Å²) in [6.45, 7) is 0. The summed E-state index contributed by atoms with van der Waals surface area (Å²) in [6, 6.07) is 3.36. The van der Waals surface area contributed by atoms with Crippen LogP contribution in [0.2, 0.25) is 0 Å². The van der Waals surface area contributed by atoms with Gasteiger partial charge in [0.15, 0.2) is 0 Å². The summed E-state index contributed by atoms with van der Waals surface area (Å²) in [5, 5.41) is 8.18. The minimum atomic E-state index is -0.784. The van der Waals surface area contributed by atoms with E-state index in [9.17, 15) is 4.39 Å². The van der Waals surface area contributed by atoms with Crippen LogP contribution in [0.15, 0.2) is 12.3 Å². The van der Waals surface area contributed by atoms with Crippen LogP contribution in [-0.4, -0.2) is 9.97 Å². The van der Waals surface area contributed by atoms with Gasteiger partial charge in [0.25, 0.3) is 0 Å². The molecule has 1 aromatic heterocycles. The van der Waals surface area contributed by atoms with E-state index in [1.165, 1.54) is 12.3 Å². The van der Waals surface area contributed by atoms with Gasteiger partial charge < -0.3 is 0 Å². The fourth-order valence-electron chi connectivity index (χ4n) is 0.549. The van der Waals surface area contributed by atoms with Crippen LogP contribution in [0.3, 0.4) is 0 Å². The predicted octanol–water partition coefficient (Wildman–Crippen LogP) is 0.682. The van der Waals surface area contributed by atoms with Crippen molar-refractivity contribution < 1.29 is 4.39 Å². The first kappa shape index (κ1) is 6.62. The first-order valence-electron chi connectivity index (χ1n) is 2.67. The van der Waals surface area contributed by atoms with Gasteiger partial charge in [0.2, 0.25) is 0 Å². The number of hydrogen-bond donors (Lipinski definition) is 0. The third-order valence-electron chi connectivity index (χ3n) is 0.944. The summed E-state index contributed by atoms with van der Waals surface area (Å²) in [4.78, 5) is 6.60. The maximum absolute atomic E-state index is 12.2. The molecule has 0 N–H and O–H groups in total. The Kier molecular flexibility index (Phi) is 1.90. The van der Waals surface area contributed by atoms with E-state index in [-0.39, 0.29) is 6.42 Å². The summed E-state index contributed by atoms with van der Waals surface area (Å²) in [7, 11) is 0. The zero-order valence-corrected chi connectivity index (χ0v) is 5.08. The van der Waals surface area contributed by atoms with E-state index in [4.69, 9.17) is 5.26 Å². The van der Waals surface area contributed by atoms with E-state index >= 15 is 0 Å². The van der Waals surface area contributed by atoms with E-state index in [0.29, 0.717) is 5.69 Å². The van der Waals surface area contributed by atoms with Crippen molar-refractivity contribution in [2.75, 3.05) is 0 Å². The number of hydrogen-bond acceptors (Lipinski definition) is 3. The minimum Gasteiger partial charge on any atom is -0.211 e. The number of halogens is 1. The second-order valence-corrected chi connectivity index (χ2v) is 1.65. The lowest BCUT2D eigenvalue weighted by Gasteiger charge is -1.89. The van der Waals surface area contributed by atoms with Gasteiger partial charge in [-0.3, -0.25) is 0 Å². The Labute approximate surface area is 57.2 Å². The quantitative estimate of drug-likeness (QED) is 0.535. The van der Waals surface area contributed by atoms with Gasteiger partial charge in [-0.2, -0.15) is 9.65 Å². The molecule has 3 nitrogen and oxygen atoms in total. The van der Waals surface area contributed by atoms with Crippen molar-refractivity contribution in [3.63, 3.8) is 0 Å². The maximum atomic E-state index is 12.2. The molecule has 1 heterocycles. The molecule has 0 saturated carbocycles. The molecule has 0 unspecified atom stereocenters. The molecule has 1 aromatic rings. The molecule has 4 heteroatoms. The largest absolute Gasteiger partial charge is 0.308 e. The monoisotopic (exact) mass is 137 g/mol. The normalized spacial score (nSPS) is 8.80.